The summed E-state index contributed by atoms with van der Waals surface area (Å²) in [5.41, 5.74) is 3.68. The van der Waals surface area contributed by atoms with Crippen molar-refractivity contribution in [3.63, 3.8) is 0 Å². The van der Waals surface area contributed by atoms with Gasteiger partial charge in [-0.1, -0.05) is 23.7 Å². The minimum Gasteiger partial charge on any atom is -0.332 e. The number of hydrogen-bond acceptors (Lipinski definition) is 4. The largest absolute Gasteiger partial charge is 0.332 e. The van der Waals surface area contributed by atoms with Crippen LogP contribution in [-0.4, -0.2) is 10.9 Å². The Labute approximate surface area is 149 Å². The van der Waals surface area contributed by atoms with E-state index >= 15 is 0 Å². The summed E-state index contributed by atoms with van der Waals surface area (Å²) in [5.74, 6) is -0.0844. The summed E-state index contributed by atoms with van der Waals surface area (Å²) in [4.78, 5) is 16.8. The molecule has 0 saturated heterocycles. The Kier molecular flexibility index (Phi) is 4.83. The van der Waals surface area contributed by atoms with Crippen LogP contribution < -0.4 is 10.6 Å². The van der Waals surface area contributed by atoms with Gasteiger partial charge in [0.05, 0.1) is 5.69 Å². The molecule has 0 atom stereocenters. The quantitative estimate of drug-likeness (QED) is 0.650. The fourth-order valence-corrected chi connectivity index (χ4v) is 3.27. The second-order valence-corrected chi connectivity index (χ2v) is 6.95. The molecule has 4 nitrogen and oxygen atoms in total. The van der Waals surface area contributed by atoms with Gasteiger partial charge < -0.3 is 10.6 Å². The number of amides is 1. The van der Waals surface area contributed by atoms with Crippen LogP contribution in [0, 0.1) is 6.92 Å². The van der Waals surface area contributed by atoms with E-state index < -0.39 is 0 Å². The fourth-order valence-electron chi connectivity index (χ4n) is 2.29. The number of carbonyl (C=O) groups is 1. The molecule has 0 radical (unpaired) electrons. The average molecular weight is 358 g/mol. The lowest BCUT2D eigenvalue weighted by Gasteiger charge is -2.05. The summed E-state index contributed by atoms with van der Waals surface area (Å²) in [6, 6.07) is 15.2. The van der Waals surface area contributed by atoms with E-state index in [-0.39, 0.29) is 5.91 Å². The molecule has 1 aromatic heterocycles. The molecule has 0 bridgehead atoms. The molecule has 1 heterocycles. The Balaban J connectivity index is 1.77. The normalized spacial score (nSPS) is 10.5. The van der Waals surface area contributed by atoms with Crippen molar-refractivity contribution in [1.82, 2.24) is 4.98 Å². The summed E-state index contributed by atoms with van der Waals surface area (Å²) in [6.07, 6.45) is 0. The monoisotopic (exact) mass is 357 g/mol. The van der Waals surface area contributed by atoms with E-state index in [1.165, 1.54) is 6.92 Å². The van der Waals surface area contributed by atoms with E-state index in [1.807, 2.05) is 55.5 Å². The first-order valence-electron chi connectivity index (χ1n) is 7.39. The standard InChI is InChI=1S/C18H16ClN3OS/c1-11-17(13-3-5-14(19)6-4-13)22-18(24-11)21-16-9-7-15(8-10-16)20-12(2)23/h3-10H,1-2H3,(H,20,23)(H,21,22). The summed E-state index contributed by atoms with van der Waals surface area (Å²) in [7, 11) is 0. The first-order valence-corrected chi connectivity index (χ1v) is 8.59. The van der Waals surface area contributed by atoms with Crippen molar-refractivity contribution in [3.8, 4) is 11.3 Å². The van der Waals surface area contributed by atoms with Gasteiger partial charge >= 0.3 is 0 Å². The maximum absolute atomic E-state index is 11.0. The molecule has 3 rings (SSSR count). The maximum Gasteiger partial charge on any atom is 0.221 e. The minimum absolute atomic E-state index is 0.0844. The maximum atomic E-state index is 11.0. The van der Waals surface area contributed by atoms with Crippen LogP contribution in [0.5, 0.6) is 0 Å². The van der Waals surface area contributed by atoms with Gasteiger partial charge in [-0.2, -0.15) is 0 Å². The van der Waals surface area contributed by atoms with E-state index in [0.29, 0.717) is 5.02 Å². The number of benzene rings is 2. The van der Waals surface area contributed by atoms with Gasteiger partial charge in [0, 0.05) is 33.8 Å². The predicted octanol–water partition coefficient (Wildman–Crippen LogP) is 5.47. The Bertz CT molecular complexity index is 857. The van der Waals surface area contributed by atoms with Gasteiger partial charge in [-0.15, -0.1) is 11.3 Å². The molecule has 0 aliphatic carbocycles. The molecule has 0 spiro atoms. The SMILES string of the molecule is CC(=O)Nc1ccc(Nc2nc(-c3ccc(Cl)cc3)c(C)s2)cc1. The smallest absolute Gasteiger partial charge is 0.221 e. The van der Waals surface area contributed by atoms with E-state index in [9.17, 15) is 4.79 Å². The molecular formula is C18H16ClN3OS. The van der Waals surface area contributed by atoms with E-state index in [4.69, 9.17) is 11.6 Å². The van der Waals surface area contributed by atoms with Crippen molar-refractivity contribution < 1.29 is 4.79 Å². The van der Waals surface area contributed by atoms with Gasteiger partial charge in [0.1, 0.15) is 0 Å². The number of anilines is 3. The Hall–Kier alpha value is -2.37. The highest BCUT2D eigenvalue weighted by atomic mass is 35.5. The van der Waals surface area contributed by atoms with Crippen molar-refractivity contribution in [2.75, 3.05) is 10.6 Å². The number of aromatic nitrogens is 1. The summed E-state index contributed by atoms with van der Waals surface area (Å²) < 4.78 is 0. The number of aryl methyl sites for hydroxylation is 1. The van der Waals surface area contributed by atoms with E-state index in [2.05, 4.69) is 15.6 Å². The molecule has 0 fully saturated rings. The van der Waals surface area contributed by atoms with Gasteiger partial charge in [0.2, 0.25) is 5.91 Å². The van der Waals surface area contributed by atoms with Crippen LogP contribution in [0.4, 0.5) is 16.5 Å². The summed E-state index contributed by atoms with van der Waals surface area (Å²) in [6.45, 7) is 3.54. The average Bonchev–Trinajstić information content (AvgIpc) is 2.90. The van der Waals surface area contributed by atoms with Crippen LogP contribution in [0.1, 0.15) is 11.8 Å². The molecule has 2 N–H and O–H groups in total. The fraction of sp³-hybridized carbons (Fsp3) is 0.111. The van der Waals surface area contributed by atoms with Crippen LogP contribution in [0.2, 0.25) is 5.02 Å². The topological polar surface area (TPSA) is 54.0 Å². The molecule has 24 heavy (non-hydrogen) atoms. The molecule has 122 valence electrons. The Morgan fingerprint density at radius 1 is 1.04 bits per heavy atom. The number of carbonyl (C=O) groups excluding carboxylic acids is 1. The third-order valence-electron chi connectivity index (χ3n) is 3.37. The molecule has 0 aliphatic heterocycles. The van der Waals surface area contributed by atoms with Crippen LogP contribution >= 0.6 is 22.9 Å². The summed E-state index contributed by atoms with van der Waals surface area (Å²) >= 11 is 7.54. The zero-order valence-electron chi connectivity index (χ0n) is 13.3. The highest BCUT2D eigenvalue weighted by Crippen LogP contribution is 2.32. The number of nitrogens with one attached hydrogen (secondary N) is 2. The number of halogens is 1. The molecular weight excluding hydrogens is 342 g/mol. The first-order chi connectivity index (χ1) is 11.5. The number of thiazole rings is 1. The molecule has 0 aliphatic rings. The zero-order chi connectivity index (χ0) is 17.1. The van der Waals surface area contributed by atoms with Crippen LogP contribution in [-0.2, 0) is 4.79 Å². The van der Waals surface area contributed by atoms with E-state index in [1.54, 1.807) is 11.3 Å². The highest BCUT2D eigenvalue weighted by Gasteiger charge is 2.10. The van der Waals surface area contributed by atoms with Crippen molar-refractivity contribution in [2.24, 2.45) is 0 Å². The van der Waals surface area contributed by atoms with Crippen LogP contribution in [0.3, 0.4) is 0 Å². The Morgan fingerprint density at radius 2 is 1.67 bits per heavy atom. The molecule has 6 heteroatoms. The van der Waals surface area contributed by atoms with Crippen molar-refractivity contribution in [1.29, 1.82) is 0 Å². The van der Waals surface area contributed by atoms with Gasteiger partial charge in [-0.25, -0.2) is 4.98 Å². The van der Waals surface area contributed by atoms with Crippen LogP contribution in [0.25, 0.3) is 11.3 Å². The van der Waals surface area contributed by atoms with Gasteiger partial charge in [-0.05, 0) is 43.3 Å². The molecule has 3 aromatic rings. The van der Waals surface area contributed by atoms with Crippen molar-refractivity contribution in [2.45, 2.75) is 13.8 Å². The Morgan fingerprint density at radius 3 is 2.29 bits per heavy atom. The molecule has 0 unspecified atom stereocenters. The zero-order valence-corrected chi connectivity index (χ0v) is 14.8. The van der Waals surface area contributed by atoms with Crippen LogP contribution in [0.15, 0.2) is 48.5 Å². The number of rotatable bonds is 4. The molecule has 1 amide bonds. The second-order valence-electron chi connectivity index (χ2n) is 5.31. The lowest BCUT2D eigenvalue weighted by molar-refractivity contribution is -0.114. The lowest BCUT2D eigenvalue weighted by Crippen LogP contribution is -2.05. The third kappa shape index (κ3) is 3.93. The minimum atomic E-state index is -0.0844. The lowest BCUT2D eigenvalue weighted by atomic mass is 10.1. The summed E-state index contributed by atoms with van der Waals surface area (Å²) in [5, 5.41) is 7.58. The van der Waals surface area contributed by atoms with Gasteiger partial charge in [-0.3, -0.25) is 4.79 Å². The number of hydrogen-bond donors (Lipinski definition) is 2. The molecule has 0 saturated carbocycles. The van der Waals surface area contributed by atoms with Crippen molar-refractivity contribution in [3.05, 3.63) is 58.4 Å². The predicted molar refractivity (Wildman–Crippen MR) is 101 cm³/mol. The second kappa shape index (κ2) is 7.03. The van der Waals surface area contributed by atoms with Crippen molar-refractivity contribution >= 4 is 45.4 Å². The number of nitrogens with zero attached hydrogens (tertiary/aromatic N) is 1. The van der Waals surface area contributed by atoms with Gasteiger partial charge in [0.25, 0.3) is 0 Å². The highest BCUT2D eigenvalue weighted by molar-refractivity contribution is 7.16. The molecule has 2 aromatic carbocycles. The third-order valence-corrected chi connectivity index (χ3v) is 4.51. The van der Waals surface area contributed by atoms with E-state index in [0.717, 1.165) is 32.6 Å². The van der Waals surface area contributed by atoms with Gasteiger partial charge in [0.15, 0.2) is 5.13 Å². The first kappa shape index (κ1) is 16.5.